The van der Waals surface area contributed by atoms with Crippen molar-refractivity contribution in [1.29, 1.82) is 0 Å². The summed E-state index contributed by atoms with van der Waals surface area (Å²) in [6.07, 6.45) is 1.44. The molecule has 0 saturated heterocycles. The molecule has 1 aliphatic heterocycles. The third kappa shape index (κ3) is 2.37. The third-order valence-corrected chi connectivity index (χ3v) is 4.49. The number of para-hydroxylation sites is 1. The van der Waals surface area contributed by atoms with Crippen LogP contribution in [0.5, 0.6) is 0 Å². The van der Waals surface area contributed by atoms with E-state index >= 15 is 0 Å². The Hall–Kier alpha value is -2.66. The highest BCUT2D eigenvalue weighted by Gasteiger charge is 2.28. The Labute approximate surface area is 143 Å². The van der Waals surface area contributed by atoms with Crippen LogP contribution in [0, 0.1) is 5.82 Å². The zero-order valence-electron chi connectivity index (χ0n) is 12.9. The molecule has 0 bridgehead atoms. The maximum Gasteiger partial charge on any atom is 0.161 e. The van der Waals surface area contributed by atoms with Crippen molar-refractivity contribution in [1.82, 2.24) is 9.97 Å². The van der Waals surface area contributed by atoms with E-state index in [-0.39, 0.29) is 11.9 Å². The number of halogens is 2. The number of benzene rings is 2. The van der Waals surface area contributed by atoms with Crippen molar-refractivity contribution in [3.05, 3.63) is 77.0 Å². The van der Waals surface area contributed by atoms with Crippen LogP contribution in [0.1, 0.15) is 17.2 Å². The van der Waals surface area contributed by atoms with Crippen molar-refractivity contribution in [2.24, 2.45) is 0 Å². The number of hydrogen-bond acceptors (Lipinski definition) is 4. The number of hydrogen-bond donors (Lipinski definition) is 1. The molecule has 4 rings (SSSR count). The molecule has 4 nitrogen and oxygen atoms in total. The molecule has 0 aliphatic carbocycles. The Morgan fingerprint density at radius 2 is 1.83 bits per heavy atom. The minimum absolute atomic E-state index is 0.186. The lowest BCUT2D eigenvalue weighted by molar-refractivity contribution is 0.626. The van der Waals surface area contributed by atoms with Crippen molar-refractivity contribution in [2.45, 2.75) is 6.04 Å². The zero-order chi connectivity index (χ0) is 16.7. The molecule has 1 N–H and O–H groups in total. The number of nitrogens with zero attached hydrogens (tertiary/aromatic N) is 3. The smallest absolute Gasteiger partial charge is 0.161 e. The first kappa shape index (κ1) is 14.9. The highest BCUT2D eigenvalue weighted by atomic mass is 35.5. The van der Waals surface area contributed by atoms with E-state index < -0.39 is 0 Å². The Bertz CT molecular complexity index is 898. The number of fused-ring (bicyclic) bond motifs is 2. The van der Waals surface area contributed by atoms with E-state index in [1.54, 1.807) is 12.1 Å². The summed E-state index contributed by atoms with van der Waals surface area (Å²) in [5, 5.41) is 3.78. The minimum Gasteiger partial charge on any atom is -0.369 e. The molecule has 2 aromatic carbocycles. The maximum absolute atomic E-state index is 13.3. The van der Waals surface area contributed by atoms with Crippen LogP contribution in [0.25, 0.3) is 0 Å². The molecule has 1 atom stereocenters. The van der Waals surface area contributed by atoms with Gasteiger partial charge in [-0.05, 0) is 23.8 Å². The molecule has 0 amide bonds. The Morgan fingerprint density at radius 1 is 1.08 bits per heavy atom. The molecule has 3 aromatic rings. The molecular weight excluding hydrogens is 327 g/mol. The van der Waals surface area contributed by atoms with Crippen LogP contribution in [0.3, 0.4) is 0 Å². The van der Waals surface area contributed by atoms with Crippen molar-refractivity contribution < 1.29 is 4.39 Å². The highest BCUT2D eigenvalue weighted by Crippen LogP contribution is 2.43. The first-order valence-electron chi connectivity index (χ1n) is 7.50. The quantitative estimate of drug-likeness (QED) is 0.660. The van der Waals surface area contributed by atoms with Gasteiger partial charge in [0.2, 0.25) is 0 Å². The molecule has 2 heterocycles. The molecular formula is C18H14ClFN4. The van der Waals surface area contributed by atoms with Gasteiger partial charge in [0.05, 0.1) is 6.04 Å². The van der Waals surface area contributed by atoms with Crippen LogP contribution in [0.15, 0.2) is 54.9 Å². The van der Waals surface area contributed by atoms with Crippen LogP contribution in [0.4, 0.5) is 21.6 Å². The van der Waals surface area contributed by atoms with Crippen molar-refractivity contribution in [2.75, 3.05) is 17.3 Å². The SMILES string of the molecule is CN1c2ccccc2C(c2ccc(F)cc2)Nc2c(Cl)ncnc21. The maximum atomic E-state index is 13.3. The van der Waals surface area contributed by atoms with Gasteiger partial charge in [-0.2, -0.15) is 0 Å². The fourth-order valence-electron chi connectivity index (χ4n) is 3.03. The van der Waals surface area contributed by atoms with Crippen LogP contribution < -0.4 is 10.2 Å². The van der Waals surface area contributed by atoms with E-state index in [0.29, 0.717) is 16.7 Å². The third-order valence-electron chi connectivity index (χ3n) is 4.20. The Kier molecular flexibility index (Phi) is 3.58. The molecule has 120 valence electrons. The Morgan fingerprint density at radius 3 is 2.62 bits per heavy atom. The lowest BCUT2D eigenvalue weighted by atomic mass is 9.97. The van der Waals surface area contributed by atoms with Gasteiger partial charge in [-0.3, -0.25) is 0 Å². The second-order valence-corrected chi connectivity index (χ2v) is 5.97. The summed E-state index contributed by atoms with van der Waals surface area (Å²) >= 11 is 6.30. The Balaban J connectivity index is 1.95. The lowest BCUT2D eigenvalue weighted by Crippen LogP contribution is -2.12. The second-order valence-electron chi connectivity index (χ2n) is 5.61. The number of aromatic nitrogens is 2. The highest BCUT2D eigenvalue weighted by molar-refractivity contribution is 6.32. The van der Waals surface area contributed by atoms with Crippen LogP contribution in [0.2, 0.25) is 5.15 Å². The first-order valence-corrected chi connectivity index (χ1v) is 7.88. The van der Waals surface area contributed by atoms with Gasteiger partial charge < -0.3 is 10.2 Å². The topological polar surface area (TPSA) is 41.0 Å². The van der Waals surface area contributed by atoms with Crippen molar-refractivity contribution in [3.63, 3.8) is 0 Å². The summed E-state index contributed by atoms with van der Waals surface area (Å²) in [7, 11) is 1.94. The van der Waals surface area contributed by atoms with Crippen LogP contribution >= 0.6 is 11.6 Å². The van der Waals surface area contributed by atoms with Gasteiger partial charge in [0.1, 0.15) is 17.8 Å². The average Bonchev–Trinajstić information content (AvgIpc) is 2.73. The molecule has 0 saturated carbocycles. The molecule has 24 heavy (non-hydrogen) atoms. The molecule has 1 aliphatic rings. The summed E-state index contributed by atoms with van der Waals surface area (Å²) in [4.78, 5) is 10.4. The number of rotatable bonds is 1. The molecule has 6 heteroatoms. The second kappa shape index (κ2) is 5.76. The van der Waals surface area contributed by atoms with Gasteiger partial charge in [-0.15, -0.1) is 0 Å². The van der Waals surface area contributed by atoms with Crippen LogP contribution in [-0.4, -0.2) is 17.0 Å². The van der Waals surface area contributed by atoms with E-state index in [2.05, 4.69) is 15.3 Å². The predicted molar refractivity (Wildman–Crippen MR) is 93.4 cm³/mol. The fraction of sp³-hybridized carbons (Fsp3) is 0.111. The minimum atomic E-state index is -0.264. The zero-order valence-corrected chi connectivity index (χ0v) is 13.6. The van der Waals surface area contributed by atoms with Gasteiger partial charge in [-0.25, -0.2) is 14.4 Å². The van der Waals surface area contributed by atoms with Crippen LogP contribution in [-0.2, 0) is 0 Å². The monoisotopic (exact) mass is 340 g/mol. The number of nitrogens with one attached hydrogen (secondary N) is 1. The van der Waals surface area contributed by atoms with Gasteiger partial charge >= 0.3 is 0 Å². The summed E-state index contributed by atoms with van der Waals surface area (Å²) in [6, 6.07) is 14.3. The average molecular weight is 341 g/mol. The van der Waals surface area contributed by atoms with Gasteiger partial charge in [0, 0.05) is 18.3 Å². The molecule has 0 spiro atoms. The summed E-state index contributed by atoms with van der Waals surface area (Å²) in [5.41, 5.74) is 3.66. The largest absolute Gasteiger partial charge is 0.369 e. The van der Waals surface area contributed by atoms with E-state index in [1.807, 2.05) is 36.2 Å². The molecule has 1 unspecified atom stereocenters. The van der Waals surface area contributed by atoms with Gasteiger partial charge in [0.15, 0.2) is 11.0 Å². The summed E-state index contributed by atoms with van der Waals surface area (Å²) < 4.78 is 13.3. The van der Waals surface area contributed by atoms with Crippen molar-refractivity contribution >= 4 is 28.8 Å². The number of anilines is 3. The molecule has 0 radical (unpaired) electrons. The standard InChI is InChI=1S/C18H14ClFN4/c1-24-14-5-3-2-4-13(14)15(11-6-8-12(20)9-7-11)23-16-17(19)21-10-22-18(16)24/h2-10,15,23H,1H3. The first-order chi connectivity index (χ1) is 11.6. The fourth-order valence-corrected chi connectivity index (χ4v) is 3.21. The van der Waals surface area contributed by atoms with E-state index in [0.717, 1.165) is 16.8 Å². The summed E-state index contributed by atoms with van der Waals surface area (Å²) in [5.74, 6) is 0.437. The van der Waals surface area contributed by atoms with E-state index in [9.17, 15) is 4.39 Å². The van der Waals surface area contributed by atoms with Gasteiger partial charge in [-0.1, -0.05) is 41.9 Å². The molecule has 1 aromatic heterocycles. The normalized spacial score (nSPS) is 16.0. The molecule has 0 fully saturated rings. The van der Waals surface area contributed by atoms with Crippen molar-refractivity contribution in [3.8, 4) is 0 Å². The lowest BCUT2D eigenvalue weighted by Gasteiger charge is -2.21. The van der Waals surface area contributed by atoms with Gasteiger partial charge in [0.25, 0.3) is 0 Å². The van der Waals surface area contributed by atoms with E-state index in [4.69, 9.17) is 11.6 Å². The summed E-state index contributed by atoms with van der Waals surface area (Å²) in [6.45, 7) is 0. The predicted octanol–water partition coefficient (Wildman–Crippen LogP) is 4.55. The van der Waals surface area contributed by atoms with E-state index in [1.165, 1.54) is 18.5 Å².